The van der Waals surface area contributed by atoms with Crippen molar-refractivity contribution in [3.63, 3.8) is 0 Å². The van der Waals surface area contributed by atoms with E-state index in [2.05, 4.69) is 10.1 Å². The Labute approximate surface area is 127 Å². The van der Waals surface area contributed by atoms with E-state index < -0.39 is 0 Å². The predicted molar refractivity (Wildman–Crippen MR) is 80.2 cm³/mol. The Morgan fingerprint density at radius 3 is 2.71 bits per heavy atom. The fourth-order valence-corrected chi connectivity index (χ4v) is 3.31. The number of hydrogen-bond acceptors (Lipinski definition) is 5. The van der Waals surface area contributed by atoms with Crippen molar-refractivity contribution >= 4 is 17.2 Å². The summed E-state index contributed by atoms with van der Waals surface area (Å²) in [6, 6.07) is 0. The number of thiazole rings is 1. The molecule has 2 aromatic heterocycles. The quantitative estimate of drug-likeness (QED) is 0.849. The van der Waals surface area contributed by atoms with Gasteiger partial charge in [0.1, 0.15) is 10.7 Å². The Bertz CT molecular complexity index is 641. The zero-order chi connectivity index (χ0) is 15.0. The molecule has 0 aromatic carbocycles. The number of hydrogen-bond donors (Lipinski definition) is 0. The number of morpholine rings is 1. The van der Waals surface area contributed by atoms with Crippen LogP contribution in [0, 0.1) is 0 Å². The second kappa shape index (κ2) is 5.57. The first-order valence-electron chi connectivity index (χ1n) is 6.92. The number of rotatable bonds is 2. The molecule has 2 unspecified atom stereocenters. The highest BCUT2D eigenvalue weighted by Crippen LogP contribution is 2.24. The van der Waals surface area contributed by atoms with Crippen molar-refractivity contribution in [2.45, 2.75) is 26.1 Å². The summed E-state index contributed by atoms with van der Waals surface area (Å²) in [5, 5.41) is 6.76. The van der Waals surface area contributed by atoms with E-state index in [-0.39, 0.29) is 18.1 Å². The minimum Gasteiger partial charge on any atom is -0.372 e. The Kier molecular flexibility index (Phi) is 3.77. The van der Waals surface area contributed by atoms with Crippen molar-refractivity contribution in [1.82, 2.24) is 19.7 Å². The van der Waals surface area contributed by atoms with Gasteiger partial charge >= 0.3 is 0 Å². The van der Waals surface area contributed by atoms with Crippen LogP contribution in [0.5, 0.6) is 0 Å². The largest absolute Gasteiger partial charge is 0.372 e. The van der Waals surface area contributed by atoms with Crippen LogP contribution >= 0.6 is 11.3 Å². The molecule has 0 aliphatic carbocycles. The fraction of sp³-hybridized carbons (Fsp3) is 0.500. The molecule has 6 nitrogen and oxygen atoms in total. The van der Waals surface area contributed by atoms with Crippen LogP contribution in [0.2, 0.25) is 0 Å². The molecule has 7 heteroatoms. The lowest BCUT2D eigenvalue weighted by atomic mass is 10.2. The van der Waals surface area contributed by atoms with Gasteiger partial charge in [-0.1, -0.05) is 0 Å². The lowest BCUT2D eigenvalue weighted by Gasteiger charge is -2.34. The molecule has 112 valence electrons. The first kappa shape index (κ1) is 14.2. The number of aromatic nitrogens is 3. The summed E-state index contributed by atoms with van der Waals surface area (Å²) in [4.78, 5) is 18.8. The summed E-state index contributed by atoms with van der Waals surface area (Å²) in [5.41, 5.74) is 1.44. The first-order valence-corrected chi connectivity index (χ1v) is 7.80. The monoisotopic (exact) mass is 306 g/mol. The lowest BCUT2D eigenvalue weighted by molar-refractivity contribution is -0.0587. The summed E-state index contributed by atoms with van der Waals surface area (Å²) in [5.74, 6) is -0.0246. The molecular weight excluding hydrogens is 288 g/mol. The SMILES string of the molecule is CC1CN(C(=O)c2csc(-c3cnn(C)c3)n2)CC(C)O1. The molecule has 3 heterocycles. The van der Waals surface area contributed by atoms with Gasteiger partial charge in [0.25, 0.3) is 5.91 Å². The van der Waals surface area contributed by atoms with Crippen molar-refractivity contribution in [3.8, 4) is 10.6 Å². The number of aryl methyl sites for hydroxylation is 1. The van der Waals surface area contributed by atoms with Crippen LogP contribution < -0.4 is 0 Å². The smallest absolute Gasteiger partial charge is 0.273 e. The van der Waals surface area contributed by atoms with Crippen LogP contribution in [-0.2, 0) is 11.8 Å². The third-order valence-corrected chi connectivity index (χ3v) is 4.27. The highest BCUT2D eigenvalue weighted by molar-refractivity contribution is 7.13. The summed E-state index contributed by atoms with van der Waals surface area (Å²) in [7, 11) is 1.86. The van der Waals surface area contributed by atoms with E-state index in [1.807, 2.05) is 37.4 Å². The summed E-state index contributed by atoms with van der Waals surface area (Å²) in [6.45, 7) is 5.20. The molecule has 0 bridgehead atoms. The topological polar surface area (TPSA) is 60.2 Å². The van der Waals surface area contributed by atoms with E-state index in [1.54, 1.807) is 10.9 Å². The fourth-order valence-electron chi connectivity index (χ4n) is 2.54. The van der Waals surface area contributed by atoms with E-state index in [0.717, 1.165) is 10.6 Å². The van der Waals surface area contributed by atoms with Crippen LogP contribution in [0.15, 0.2) is 17.8 Å². The molecular formula is C14H18N4O2S. The molecule has 1 aliphatic heterocycles. The summed E-state index contributed by atoms with van der Waals surface area (Å²) < 4.78 is 7.38. The number of carbonyl (C=O) groups is 1. The summed E-state index contributed by atoms with van der Waals surface area (Å²) >= 11 is 1.47. The van der Waals surface area contributed by atoms with Gasteiger partial charge in [0.15, 0.2) is 0 Å². The standard InChI is InChI=1S/C14H18N4O2S/c1-9-5-18(6-10(2)20-9)14(19)12-8-21-13(16-12)11-4-15-17(3)7-11/h4,7-10H,5-6H2,1-3H3. The van der Waals surface area contributed by atoms with E-state index in [0.29, 0.717) is 18.8 Å². The van der Waals surface area contributed by atoms with Crippen LogP contribution in [0.4, 0.5) is 0 Å². The predicted octanol–water partition coefficient (Wildman–Crippen LogP) is 1.79. The number of carbonyl (C=O) groups excluding carboxylic acids is 1. The molecule has 21 heavy (non-hydrogen) atoms. The first-order chi connectivity index (χ1) is 10.0. The zero-order valence-electron chi connectivity index (χ0n) is 12.3. The van der Waals surface area contributed by atoms with Crippen molar-refractivity contribution in [3.05, 3.63) is 23.5 Å². The normalized spacial score (nSPS) is 22.5. The minimum atomic E-state index is -0.0246. The van der Waals surface area contributed by atoms with Crippen LogP contribution in [0.3, 0.4) is 0 Å². The number of amides is 1. The Balaban J connectivity index is 1.78. The van der Waals surface area contributed by atoms with Gasteiger partial charge in [-0.05, 0) is 13.8 Å². The molecule has 0 saturated carbocycles. The third-order valence-electron chi connectivity index (χ3n) is 3.38. The average molecular weight is 306 g/mol. The molecule has 3 rings (SSSR count). The molecule has 1 saturated heterocycles. The summed E-state index contributed by atoms with van der Waals surface area (Å²) in [6.07, 6.45) is 3.78. The van der Waals surface area contributed by atoms with Crippen molar-refractivity contribution in [2.24, 2.45) is 7.05 Å². The van der Waals surface area contributed by atoms with Gasteiger partial charge in [-0.2, -0.15) is 5.10 Å². The average Bonchev–Trinajstić information content (AvgIpc) is 3.05. The lowest BCUT2D eigenvalue weighted by Crippen LogP contribution is -2.48. The zero-order valence-corrected chi connectivity index (χ0v) is 13.1. The highest BCUT2D eigenvalue weighted by atomic mass is 32.1. The molecule has 1 amide bonds. The molecule has 0 spiro atoms. The van der Waals surface area contributed by atoms with Gasteiger partial charge in [0, 0.05) is 37.3 Å². The molecule has 2 atom stereocenters. The van der Waals surface area contributed by atoms with Crippen molar-refractivity contribution in [1.29, 1.82) is 0 Å². The molecule has 0 radical (unpaired) electrons. The van der Waals surface area contributed by atoms with Crippen molar-refractivity contribution in [2.75, 3.05) is 13.1 Å². The maximum Gasteiger partial charge on any atom is 0.273 e. The molecule has 0 N–H and O–H groups in total. The minimum absolute atomic E-state index is 0.0246. The third kappa shape index (κ3) is 2.98. The van der Waals surface area contributed by atoms with Gasteiger partial charge in [-0.25, -0.2) is 4.98 Å². The van der Waals surface area contributed by atoms with Crippen LogP contribution in [0.1, 0.15) is 24.3 Å². The maximum atomic E-state index is 12.5. The highest BCUT2D eigenvalue weighted by Gasteiger charge is 2.28. The van der Waals surface area contributed by atoms with Gasteiger partial charge in [0.2, 0.25) is 0 Å². The Morgan fingerprint density at radius 1 is 1.38 bits per heavy atom. The molecule has 1 fully saturated rings. The van der Waals surface area contributed by atoms with Gasteiger partial charge in [-0.3, -0.25) is 9.48 Å². The van der Waals surface area contributed by atoms with E-state index in [4.69, 9.17) is 4.74 Å². The maximum absolute atomic E-state index is 12.5. The van der Waals surface area contributed by atoms with E-state index >= 15 is 0 Å². The number of nitrogens with zero attached hydrogens (tertiary/aromatic N) is 4. The second-order valence-electron chi connectivity index (χ2n) is 5.41. The Morgan fingerprint density at radius 2 is 2.10 bits per heavy atom. The second-order valence-corrected chi connectivity index (χ2v) is 6.27. The van der Waals surface area contributed by atoms with Gasteiger partial charge in [-0.15, -0.1) is 11.3 Å². The van der Waals surface area contributed by atoms with E-state index in [9.17, 15) is 4.79 Å². The molecule has 1 aliphatic rings. The van der Waals surface area contributed by atoms with Crippen molar-refractivity contribution < 1.29 is 9.53 Å². The van der Waals surface area contributed by atoms with E-state index in [1.165, 1.54) is 11.3 Å². The van der Waals surface area contributed by atoms with Gasteiger partial charge in [0.05, 0.1) is 18.4 Å². The van der Waals surface area contributed by atoms with Gasteiger partial charge < -0.3 is 9.64 Å². The Hall–Kier alpha value is -1.73. The van der Waals surface area contributed by atoms with Crippen LogP contribution in [-0.4, -0.2) is 50.9 Å². The molecule has 2 aromatic rings. The van der Waals surface area contributed by atoms with Crippen LogP contribution in [0.25, 0.3) is 10.6 Å². The number of ether oxygens (including phenoxy) is 1.